The van der Waals surface area contributed by atoms with Crippen molar-refractivity contribution in [1.29, 1.82) is 0 Å². The Morgan fingerprint density at radius 3 is 2.19 bits per heavy atom. The van der Waals surface area contributed by atoms with Gasteiger partial charge in [0.05, 0.1) is 12.3 Å². The molecule has 1 saturated heterocycles. The summed E-state index contributed by atoms with van der Waals surface area (Å²) in [6, 6.07) is 18.1. The van der Waals surface area contributed by atoms with Gasteiger partial charge in [-0.3, -0.25) is 0 Å². The van der Waals surface area contributed by atoms with E-state index in [-0.39, 0.29) is 12.9 Å². The highest BCUT2D eigenvalue weighted by atomic mass is 16.9. The molecule has 0 aromatic heterocycles. The molecule has 4 rings (SSSR count). The van der Waals surface area contributed by atoms with Crippen molar-refractivity contribution >= 4 is 33.3 Å². The monoisotopic (exact) mass is 352 g/mol. The predicted molar refractivity (Wildman–Crippen MR) is 99.5 cm³/mol. The number of carbonyl (C=O) groups excluding carboxylic acids is 1. The minimum atomic E-state index is -0.719. The van der Waals surface area contributed by atoms with Gasteiger partial charge in [0.25, 0.3) is 6.41 Å². The fraction of sp³-hybridized carbons (Fsp3) is 0.250. The molecule has 26 heavy (non-hydrogen) atoms. The number of hydrazine groups is 1. The standard InChI is InChI=1S/C20H20N2O4/c1-3-24-19(23)21-22(20-25-13(2)26-20)18-16-10-6-4-8-14(16)12-15-9-5-7-11-17(15)18/h4-13,20H,3H2,1-2H3,(H,21,23). The van der Waals surface area contributed by atoms with Gasteiger partial charge in [0.1, 0.15) is 0 Å². The summed E-state index contributed by atoms with van der Waals surface area (Å²) in [6.07, 6.45) is -1.60. The van der Waals surface area contributed by atoms with Crippen LogP contribution in [0.4, 0.5) is 10.5 Å². The van der Waals surface area contributed by atoms with E-state index >= 15 is 0 Å². The lowest BCUT2D eigenvalue weighted by Gasteiger charge is -2.42. The van der Waals surface area contributed by atoms with Gasteiger partial charge in [-0.05, 0) is 30.7 Å². The lowest BCUT2D eigenvalue weighted by Crippen LogP contribution is -2.58. The molecule has 1 aliphatic heterocycles. The topological polar surface area (TPSA) is 60.0 Å². The predicted octanol–water partition coefficient (Wildman–Crippen LogP) is 4.14. The smallest absolute Gasteiger partial charge is 0.426 e. The molecule has 0 saturated carbocycles. The van der Waals surface area contributed by atoms with Gasteiger partial charge < -0.3 is 14.2 Å². The van der Waals surface area contributed by atoms with E-state index in [0.29, 0.717) is 0 Å². The number of amides is 1. The highest BCUT2D eigenvalue weighted by Crippen LogP contribution is 2.37. The van der Waals surface area contributed by atoms with E-state index in [9.17, 15) is 4.79 Å². The van der Waals surface area contributed by atoms with Crippen LogP contribution in [0.15, 0.2) is 54.6 Å². The number of nitrogens with one attached hydrogen (secondary N) is 1. The van der Waals surface area contributed by atoms with Crippen LogP contribution in [-0.2, 0) is 14.2 Å². The molecule has 6 heteroatoms. The number of carbonyl (C=O) groups is 1. The fourth-order valence-corrected chi connectivity index (χ4v) is 3.18. The first-order valence-corrected chi connectivity index (χ1v) is 8.61. The van der Waals surface area contributed by atoms with E-state index in [4.69, 9.17) is 14.2 Å². The van der Waals surface area contributed by atoms with Crippen molar-refractivity contribution < 1.29 is 19.0 Å². The quantitative estimate of drug-likeness (QED) is 0.565. The van der Waals surface area contributed by atoms with Crippen LogP contribution in [0.2, 0.25) is 0 Å². The van der Waals surface area contributed by atoms with E-state index in [0.717, 1.165) is 27.2 Å². The zero-order valence-electron chi connectivity index (χ0n) is 14.6. The van der Waals surface area contributed by atoms with Crippen molar-refractivity contribution in [3.63, 3.8) is 0 Å². The Kier molecular flexibility index (Phi) is 4.36. The van der Waals surface area contributed by atoms with Gasteiger partial charge >= 0.3 is 6.09 Å². The van der Waals surface area contributed by atoms with E-state index in [1.54, 1.807) is 18.9 Å². The molecular weight excluding hydrogens is 332 g/mol. The van der Waals surface area contributed by atoms with Crippen LogP contribution >= 0.6 is 0 Å². The molecule has 0 spiro atoms. The number of hydrogen-bond donors (Lipinski definition) is 1. The Morgan fingerprint density at radius 1 is 1.08 bits per heavy atom. The van der Waals surface area contributed by atoms with Crippen molar-refractivity contribution in [2.75, 3.05) is 11.6 Å². The van der Waals surface area contributed by atoms with Gasteiger partial charge in [-0.2, -0.15) is 0 Å². The van der Waals surface area contributed by atoms with E-state index in [2.05, 4.69) is 11.5 Å². The van der Waals surface area contributed by atoms with Crippen LogP contribution in [0.5, 0.6) is 0 Å². The van der Waals surface area contributed by atoms with Gasteiger partial charge in [0.2, 0.25) is 0 Å². The molecule has 1 amide bonds. The summed E-state index contributed by atoms with van der Waals surface area (Å²) in [4.78, 5) is 12.1. The lowest BCUT2D eigenvalue weighted by atomic mass is 10.0. The molecule has 0 unspecified atom stereocenters. The van der Waals surface area contributed by atoms with E-state index < -0.39 is 12.5 Å². The van der Waals surface area contributed by atoms with Gasteiger partial charge in [-0.25, -0.2) is 15.2 Å². The highest BCUT2D eigenvalue weighted by Gasteiger charge is 2.36. The molecule has 3 aromatic carbocycles. The maximum atomic E-state index is 12.1. The Hall–Kier alpha value is -2.83. The second kappa shape index (κ2) is 6.82. The molecule has 6 nitrogen and oxygen atoms in total. The summed E-state index contributed by atoms with van der Waals surface area (Å²) in [6.45, 7) is 3.84. The fourth-order valence-electron chi connectivity index (χ4n) is 3.18. The van der Waals surface area contributed by atoms with E-state index in [1.165, 1.54) is 0 Å². The zero-order valence-corrected chi connectivity index (χ0v) is 14.6. The molecule has 1 heterocycles. The Labute approximate surface area is 151 Å². The van der Waals surface area contributed by atoms with Crippen molar-refractivity contribution in [3.8, 4) is 0 Å². The first kappa shape index (κ1) is 16.6. The van der Waals surface area contributed by atoms with Crippen molar-refractivity contribution in [3.05, 3.63) is 54.6 Å². The number of anilines is 1. The van der Waals surface area contributed by atoms with Crippen LogP contribution < -0.4 is 10.4 Å². The summed E-state index contributed by atoms with van der Waals surface area (Å²) < 4.78 is 16.4. The average molecular weight is 352 g/mol. The normalized spacial score (nSPS) is 19.2. The first-order chi connectivity index (χ1) is 12.7. The molecule has 1 N–H and O–H groups in total. The SMILES string of the molecule is CCOC(=O)NN(c1c2ccccc2cc2ccccc12)C1OC(C)O1. The van der Waals surface area contributed by atoms with Crippen LogP contribution in [0, 0.1) is 0 Å². The number of rotatable bonds is 4. The summed E-state index contributed by atoms with van der Waals surface area (Å²) in [7, 11) is 0. The Bertz CT molecular complexity index is 899. The molecule has 134 valence electrons. The lowest BCUT2D eigenvalue weighted by molar-refractivity contribution is -0.376. The second-order valence-corrected chi connectivity index (χ2v) is 6.02. The number of ether oxygens (including phenoxy) is 3. The van der Waals surface area contributed by atoms with Gasteiger partial charge in [-0.1, -0.05) is 48.5 Å². The molecule has 1 aliphatic rings. The maximum absolute atomic E-state index is 12.1. The van der Waals surface area contributed by atoms with Gasteiger partial charge in [-0.15, -0.1) is 0 Å². The number of nitrogens with zero attached hydrogens (tertiary/aromatic N) is 1. The van der Waals surface area contributed by atoms with Gasteiger partial charge in [0, 0.05) is 10.8 Å². The van der Waals surface area contributed by atoms with Crippen molar-refractivity contribution in [1.82, 2.24) is 5.43 Å². The third kappa shape index (κ3) is 2.94. The maximum Gasteiger partial charge on any atom is 0.426 e. The van der Waals surface area contributed by atoms with Crippen LogP contribution in [-0.4, -0.2) is 25.4 Å². The second-order valence-electron chi connectivity index (χ2n) is 6.02. The molecule has 1 fully saturated rings. The minimum absolute atomic E-state index is 0.277. The third-order valence-electron chi connectivity index (χ3n) is 4.30. The van der Waals surface area contributed by atoms with Crippen LogP contribution in [0.25, 0.3) is 21.5 Å². The summed E-state index contributed by atoms with van der Waals surface area (Å²) in [5, 5.41) is 5.68. The molecule has 0 atom stereocenters. The zero-order chi connectivity index (χ0) is 18.1. The number of fused-ring (bicyclic) bond motifs is 2. The van der Waals surface area contributed by atoms with Crippen LogP contribution in [0.3, 0.4) is 0 Å². The summed E-state index contributed by atoms with van der Waals surface area (Å²) in [5.74, 6) is 0. The van der Waals surface area contributed by atoms with Crippen LogP contribution in [0.1, 0.15) is 13.8 Å². The Balaban J connectivity index is 1.90. The van der Waals surface area contributed by atoms with E-state index in [1.807, 2.05) is 48.5 Å². The largest absolute Gasteiger partial charge is 0.449 e. The molecular formula is C20H20N2O4. The average Bonchev–Trinajstić information content (AvgIpc) is 2.62. The molecule has 3 aromatic rings. The van der Waals surface area contributed by atoms with Gasteiger partial charge in [0.15, 0.2) is 6.29 Å². The number of hydrogen-bond acceptors (Lipinski definition) is 5. The highest BCUT2D eigenvalue weighted by molar-refractivity contribution is 6.11. The van der Waals surface area contributed by atoms with Crippen molar-refractivity contribution in [2.45, 2.75) is 26.6 Å². The molecule has 0 aliphatic carbocycles. The molecule has 0 bridgehead atoms. The number of benzene rings is 3. The van der Waals surface area contributed by atoms with Crippen molar-refractivity contribution in [2.24, 2.45) is 0 Å². The summed E-state index contributed by atoms with van der Waals surface area (Å²) >= 11 is 0. The third-order valence-corrected chi connectivity index (χ3v) is 4.30. The summed E-state index contributed by atoms with van der Waals surface area (Å²) in [5.41, 5.74) is 3.57. The Morgan fingerprint density at radius 2 is 1.65 bits per heavy atom. The minimum Gasteiger partial charge on any atom is -0.449 e. The first-order valence-electron chi connectivity index (χ1n) is 8.61. The molecule has 0 radical (unpaired) electrons.